The third-order valence-corrected chi connectivity index (χ3v) is 5.61. The Labute approximate surface area is 140 Å². The van der Waals surface area contributed by atoms with E-state index in [2.05, 4.69) is 20.8 Å². The second kappa shape index (κ2) is 14.3. The van der Waals surface area contributed by atoms with Gasteiger partial charge in [0.15, 0.2) is 0 Å². The number of hydrogen-bond acceptors (Lipinski definition) is 1. The first-order chi connectivity index (χ1) is 10.6. The molecule has 1 nitrogen and oxygen atoms in total. The fraction of sp³-hybridized carbons (Fsp3) is 0.952. The molecule has 0 saturated heterocycles. The van der Waals surface area contributed by atoms with Gasteiger partial charge < -0.3 is 0 Å². The molecule has 0 rings (SSSR count). The molecule has 0 aliphatic heterocycles. The summed E-state index contributed by atoms with van der Waals surface area (Å²) in [7, 11) is 0. The molecule has 0 atom stereocenters. The molecule has 0 aromatic carbocycles. The van der Waals surface area contributed by atoms with E-state index in [1.165, 1.54) is 77.0 Å². The Hall–Kier alpha value is -0.330. The lowest BCUT2D eigenvalue weighted by molar-refractivity contribution is -0.127. The van der Waals surface area contributed by atoms with Gasteiger partial charge in [-0.15, -0.1) is 0 Å². The molecule has 0 aliphatic carbocycles. The monoisotopic (exact) mass is 310 g/mol. The molecule has 0 aromatic heterocycles. The van der Waals surface area contributed by atoms with Crippen molar-refractivity contribution < 1.29 is 4.79 Å². The molecule has 0 aromatic rings. The van der Waals surface area contributed by atoms with Crippen LogP contribution in [0.2, 0.25) is 0 Å². The number of carbonyl (C=O) groups excluding carboxylic acids is 1. The van der Waals surface area contributed by atoms with E-state index in [4.69, 9.17) is 0 Å². The van der Waals surface area contributed by atoms with E-state index in [0.717, 1.165) is 19.3 Å². The van der Waals surface area contributed by atoms with Crippen molar-refractivity contribution in [3.63, 3.8) is 0 Å². The van der Waals surface area contributed by atoms with Crippen LogP contribution in [0.25, 0.3) is 0 Å². The van der Waals surface area contributed by atoms with Crippen LogP contribution in [0.3, 0.4) is 0 Å². The van der Waals surface area contributed by atoms with Crippen molar-refractivity contribution in [1.29, 1.82) is 0 Å². The van der Waals surface area contributed by atoms with Gasteiger partial charge in [-0.1, -0.05) is 97.8 Å². The summed E-state index contributed by atoms with van der Waals surface area (Å²) in [6.07, 6.45) is 19.8. The molecule has 0 saturated carbocycles. The maximum Gasteiger partial charge on any atom is 0.135 e. The maximum atomic E-state index is 11.9. The average molecular weight is 311 g/mol. The van der Waals surface area contributed by atoms with Crippen LogP contribution in [-0.2, 0) is 4.79 Å². The van der Waals surface area contributed by atoms with E-state index in [0.29, 0.717) is 5.78 Å². The Morgan fingerprint density at radius 1 is 0.636 bits per heavy atom. The summed E-state index contributed by atoms with van der Waals surface area (Å²) in [5, 5.41) is 0. The van der Waals surface area contributed by atoms with Crippen molar-refractivity contribution in [2.75, 3.05) is 0 Å². The number of Topliss-reactive ketones (excluding diaryl/α,β-unsaturated/α-hetero) is 1. The summed E-state index contributed by atoms with van der Waals surface area (Å²) < 4.78 is 0. The minimum atomic E-state index is -0.0154. The maximum absolute atomic E-state index is 11.9. The highest BCUT2D eigenvalue weighted by molar-refractivity contribution is 5.82. The van der Waals surface area contributed by atoms with Gasteiger partial charge in [0, 0.05) is 5.41 Å². The lowest BCUT2D eigenvalue weighted by atomic mass is 9.74. The zero-order valence-corrected chi connectivity index (χ0v) is 16.0. The Balaban J connectivity index is 3.44. The van der Waals surface area contributed by atoms with Crippen LogP contribution in [0, 0.1) is 5.41 Å². The predicted molar refractivity (Wildman–Crippen MR) is 99.4 cm³/mol. The van der Waals surface area contributed by atoms with Crippen molar-refractivity contribution in [2.24, 2.45) is 5.41 Å². The van der Waals surface area contributed by atoms with Gasteiger partial charge in [0.05, 0.1) is 0 Å². The van der Waals surface area contributed by atoms with Crippen LogP contribution in [-0.4, -0.2) is 5.78 Å². The Bertz CT molecular complexity index is 253. The van der Waals surface area contributed by atoms with Crippen molar-refractivity contribution in [1.82, 2.24) is 0 Å². The van der Waals surface area contributed by atoms with E-state index in [1.54, 1.807) is 6.92 Å². The summed E-state index contributed by atoms with van der Waals surface area (Å²) in [5.74, 6) is 0.403. The van der Waals surface area contributed by atoms with Crippen molar-refractivity contribution in [2.45, 2.75) is 124 Å². The highest BCUT2D eigenvalue weighted by Gasteiger charge is 2.30. The average Bonchev–Trinajstić information content (AvgIpc) is 2.52. The number of unbranched alkanes of at least 4 members (excludes halogenated alkanes) is 11. The van der Waals surface area contributed by atoms with E-state index in [1.807, 2.05) is 0 Å². The number of rotatable bonds is 16. The molecule has 1 heteroatoms. The molecular weight excluding hydrogens is 268 g/mol. The fourth-order valence-electron chi connectivity index (χ4n) is 3.58. The highest BCUT2D eigenvalue weighted by atomic mass is 16.1. The first kappa shape index (κ1) is 21.7. The summed E-state index contributed by atoms with van der Waals surface area (Å²) in [6.45, 7) is 8.41. The summed E-state index contributed by atoms with van der Waals surface area (Å²) in [5.41, 5.74) is -0.0154. The smallest absolute Gasteiger partial charge is 0.135 e. The summed E-state index contributed by atoms with van der Waals surface area (Å²) >= 11 is 0. The number of carbonyl (C=O) groups is 1. The molecule has 132 valence electrons. The quantitative estimate of drug-likeness (QED) is 0.270. The molecule has 0 amide bonds. The van der Waals surface area contributed by atoms with Gasteiger partial charge in [0.25, 0.3) is 0 Å². The number of ketones is 1. The van der Waals surface area contributed by atoms with Crippen molar-refractivity contribution in [3.8, 4) is 0 Å². The molecule has 0 bridgehead atoms. The Kier molecular flexibility index (Phi) is 14.1. The summed E-state index contributed by atoms with van der Waals surface area (Å²) in [4.78, 5) is 11.9. The van der Waals surface area contributed by atoms with Crippen molar-refractivity contribution >= 4 is 5.78 Å². The van der Waals surface area contributed by atoms with Gasteiger partial charge in [0.1, 0.15) is 5.78 Å². The van der Waals surface area contributed by atoms with E-state index in [-0.39, 0.29) is 5.41 Å². The van der Waals surface area contributed by atoms with Gasteiger partial charge in [-0.3, -0.25) is 4.79 Å². The first-order valence-electron chi connectivity index (χ1n) is 10.1. The minimum Gasteiger partial charge on any atom is -0.299 e. The second-order valence-corrected chi connectivity index (χ2v) is 7.18. The number of hydrogen-bond donors (Lipinski definition) is 0. The van der Waals surface area contributed by atoms with Gasteiger partial charge in [-0.2, -0.15) is 0 Å². The molecule has 0 aliphatic rings. The Morgan fingerprint density at radius 3 is 1.32 bits per heavy atom. The molecule has 0 N–H and O–H groups in total. The van der Waals surface area contributed by atoms with E-state index < -0.39 is 0 Å². The second-order valence-electron chi connectivity index (χ2n) is 7.18. The van der Waals surface area contributed by atoms with Gasteiger partial charge in [-0.05, 0) is 26.2 Å². The zero-order valence-electron chi connectivity index (χ0n) is 16.0. The molecule has 0 heterocycles. The van der Waals surface area contributed by atoms with Crippen LogP contribution in [0.4, 0.5) is 0 Å². The normalized spacial score (nSPS) is 11.8. The minimum absolute atomic E-state index is 0.0154. The fourth-order valence-corrected chi connectivity index (χ4v) is 3.58. The largest absolute Gasteiger partial charge is 0.299 e. The van der Waals surface area contributed by atoms with Crippen LogP contribution < -0.4 is 0 Å². The van der Waals surface area contributed by atoms with E-state index >= 15 is 0 Å². The topological polar surface area (TPSA) is 17.1 Å². The lowest BCUT2D eigenvalue weighted by Crippen LogP contribution is -2.27. The molecule has 0 spiro atoms. The van der Waals surface area contributed by atoms with Gasteiger partial charge in [-0.25, -0.2) is 0 Å². The molecule has 0 radical (unpaired) electrons. The molecule has 0 fully saturated rings. The van der Waals surface area contributed by atoms with Crippen LogP contribution in [0.5, 0.6) is 0 Å². The van der Waals surface area contributed by atoms with Gasteiger partial charge >= 0.3 is 0 Å². The van der Waals surface area contributed by atoms with Crippen molar-refractivity contribution in [3.05, 3.63) is 0 Å². The zero-order chi connectivity index (χ0) is 16.7. The van der Waals surface area contributed by atoms with Gasteiger partial charge in [0.2, 0.25) is 0 Å². The standard InChI is InChI=1S/C21H42O/c1-5-8-9-10-11-12-13-14-15-16-17-18-19-21(6-2,7-3)20(4)22/h5-19H2,1-4H3. The first-order valence-corrected chi connectivity index (χ1v) is 10.1. The van der Waals surface area contributed by atoms with E-state index in [9.17, 15) is 4.79 Å². The third-order valence-electron chi connectivity index (χ3n) is 5.61. The van der Waals surface area contributed by atoms with Crippen LogP contribution in [0.1, 0.15) is 124 Å². The van der Waals surface area contributed by atoms with Crippen LogP contribution >= 0.6 is 0 Å². The molecule has 0 unspecified atom stereocenters. The predicted octanol–water partition coefficient (Wildman–Crippen LogP) is 7.47. The highest BCUT2D eigenvalue weighted by Crippen LogP contribution is 2.33. The van der Waals surface area contributed by atoms with Crippen LogP contribution in [0.15, 0.2) is 0 Å². The Morgan fingerprint density at radius 2 is 1.00 bits per heavy atom. The summed E-state index contributed by atoms with van der Waals surface area (Å²) in [6, 6.07) is 0. The lowest BCUT2D eigenvalue weighted by Gasteiger charge is -2.28. The third kappa shape index (κ3) is 9.64. The SMILES string of the molecule is CCCCCCCCCCCCCCC(CC)(CC)C(C)=O. The molecular formula is C21H42O. The molecule has 22 heavy (non-hydrogen) atoms.